The number of amides is 2. The number of hydrogen-bond donors (Lipinski definition) is 1. The molecule has 0 fully saturated rings. The number of rotatable bonds is 4. The van der Waals surface area contributed by atoms with Crippen molar-refractivity contribution in [2.24, 2.45) is 0 Å². The van der Waals surface area contributed by atoms with Crippen molar-refractivity contribution >= 4 is 23.3 Å². The topological polar surface area (TPSA) is 35.6 Å². The van der Waals surface area contributed by atoms with E-state index >= 15 is 0 Å². The van der Waals surface area contributed by atoms with Crippen molar-refractivity contribution in [3.63, 3.8) is 0 Å². The van der Waals surface area contributed by atoms with Crippen LogP contribution in [0.2, 0.25) is 5.02 Å². The van der Waals surface area contributed by atoms with Crippen LogP contribution in [0, 0.1) is 6.92 Å². The van der Waals surface area contributed by atoms with E-state index in [0.717, 1.165) is 17.8 Å². The molecule has 0 spiro atoms. The van der Waals surface area contributed by atoms with Crippen LogP contribution in [0.15, 0.2) is 18.2 Å². The highest BCUT2D eigenvalue weighted by molar-refractivity contribution is 6.31. The summed E-state index contributed by atoms with van der Waals surface area (Å²) < 4.78 is 0. The minimum atomic E-state index is -0.123. The Morgan fingerprint density at radius 3 is 2.56 bits per heavy atom. The summed E-state index contributed by atoms with van der Waals surface area (Å²) in [5.74, 6) is 0. The second kappa shape index (κ2) is 6.61. The molecule has 1 N–H and O–H groups in total. The zero-order valence-electron chi connectivity index (χ0n) is 11.3. The first-order valence-corrected chi connectivity index (χ1v) is 6.21. The number of anilines is 1. The van der Waals surface area contributed by atoms with Gasteiger partial charge in [-0.25, -0.2) is 4.79 Å². The number of carbonyl (C=O) groups is 1. The number of hydrogen-bond acceptors (Lipinski definition) is 2. The van der Waals surface area contributed by atoms with Gasteiger partial charge < -0.3 is 15.1 Å². The molecule has 18 heavy (non-hydrogen) atoms. The number of benzene rings is 1. The van der Waals surface area contributed by atoms with E-state index in [0.29, 0.717) is 11.6 Å². The highest BCUT2D eigenvalue weighted by Crippen LogP contribution is 2.20. The van der Waals surface area contributed by atoms with Crippen LogP contribution in [0.4, 0.5) is 10.5 Å². The second-order valence-corrected chi connectivity index (χ2v) is 5.05. The minimum Gasteiger partial charge on any atom is -0.326 e. The van der Waals surface area contributed by atoms with Crippen LogP contribution in [0.1, 0.15) is 5.56 Å². The summed E-state index contributed by atoms with van der Waals surface area (Å²) in [6.07, 6.45) is 0. The highest BCUT2D eigenvalue weighted by atomic mass is 35.5. The van der Waals surface area contributed by atoms with Crippen LogP contribution < -0.4 is 5.32 Å². The third-order valence-corrected chi connectivity index (χ3v) is 2.91. The van der Waals surface area contributed by atoms with Crippen LogP contribution in [0.3, 0.4) is 0 Å². The van der Waals surface area contributed by atoms with E-state index in [2.05, 4.69) is 5.32 Å². The molecule has 0 aliphatic heterocycles. The fourth-order valence-corrected chi connectivity index (χ4v) is 1.56. The number of carbonyl (C=O) groups excluding carboxylic acids is 1. The Morgan fingerprint density at radius 2 is 1.94 bits per heavy atom. The normalized spacial score (nSPS) is 10.6. The summed E-state index contributed by atoms with van der Waals surface area (Å²) in [7, 11) is 5.73. The van der Waals surface area contributed by atoms with Crippen LogP contribution in [0.5, 0.6) is 0 Å². The third kappa shape index (κ3) is 4.55. The smallest absolute Gasteiger partial charge is 0.321 e. The van der Waals surface area contributed by atoms with Crippen molar-refractivity contribution in [3.8, 4) is 0 Å². The molecule has 0 saturated carbocycles. The molecule has 0 radical (unpaired) electrons. The fraction of sp³-hybridized carbons (Fsp3) is 0.462. The summed E-state index contributed by atoms with van der Waals surface area (Å²) in [5, 5.41) is 3.48. The standard InChI is InChI=1S/C13H20ClN3O/c1-10-5-6-11(14)9-12(10)15-13(18)17(4)8-7-16(2)3/h5-6,9H,7-8H2,1-4H3,(H,15,18). The maximum atomic E-state index is 11.9. The first-order chi connectivity index (χ1) is 8.40. The first-order valence-electron chi connectivity index (χ1n) is 5.83. The van der Waals surface area contributed by atoms with Gasteiger partial charge in [-0.2, -0.15) is 0 Å². The molecular weight excluding hydrogens is 250 g/mol. The van der Waals surface area contributed by atoms with Gasteiger partial charge in [0.1, 0.15) is 0 Å². The Bertz CT molecular complexity index is 421. The van der Waals surface area contributed by atoms with Crippen molar-refractivity contribution in [1.29, 1.82) is 0 Å². The predicted molar refractivity (Wildman–Crippen MR) is 76.4 cm³/mol. The van der Waals surface area contributed by atoms with E-state index in [1.807, 2.05) is 38.1 Å². The van der Waals surface area contributed by atoms with Crippen LogP contribution in [-0.2, 0) is 0 Å². The molecule has 0 atom stereocenters. The Hall–Kier alpha value is -1.26. The van der Waals surface area contributed by atoms with Crippen molar-refractivity contribution in [2.45, 2.75) is 6.92 Å². The molecule has 5 heteroatoms. The lowest BCUT2D eigenvalue weighted by Crippen LogP contribution is -2.36. The fourth-order valence-electron chi connectivity index (χ4n) is 1.39. The summed E-state index contributed by atoms with van der Waals surface area (Å²) in [6.45, 7) is 3.45. The van der Waals surface area contributed by atoms with E-state index in [1.165, 1.54) is 0 Å². The van der Waals surface area contributed by atoms with Crippen molar-refractivity contribution in [2.75, 3.05) is 39.5 Å². The molecule has 100 valence electrons. The van der Waals surface area contributed by atoms with Gasteiger partial charge in [0.05, 0.1) is 0 Å². The summed E-state index contributed by atoms with van der Waals surface area (Å²) in [5.41, 5.74) is 1.75. The van der Waals surface area contributed by atoms with E-state index in [-0.39, 0.29) is 6.03 Å². The number of nitrogens with one attached hydrogen (secondary N) is 1. The molecule has 0 aromatic heterocycles. The second-order valence-electron chi connectivity index (χ2n) is 4.61. The zero-order chi connectivity index (χ0) is 13.7. The average Bonchev–Trinajstić information content (AvgIpc) is 2.30. The van der Waals surface area contributed by atoms with Gasteiger partial charge in [0.2, 0.25) is 0 Å². The molecule has 4 nitrogen and oxygen atoms in total. The summed E-state index contributed by atoms with van der Waals surface area (Å²) >= 11 is 5.91. The molecule has 0 aliphatic rings. The largest absolute Gasteiger partial charge is 0.326 e. The molecule has 0 aliphatic carbocycles. The Labute approximate surface area is 114 Å². The summed E-state index contributed by atoms with van der Waals surface area (Å²) in [6, 6.07) is 5.33. The van der Waals surface area contributed by atoms with Gasteiger partial charge in [-0.15, -0.1) is 0 Å². The van der Waals surface area contributed by atoms with Crippen molar-refractivity contribution in [1.82, 2.24) is 9.80 Å². The van der Waals surface area contributed by atoms with Gasteiger partial charge >= 0.3 is 6.03 Å². The molecule has 0 heterocycles. The molecule has 1 aromatic rings. The molecular formula is C13H20ClN3O. The number of nitrogens with zero attached hydrogens (tertiary/aromatic N) is 2. The Kier molecular flexibility index (Phi) is 5.44. The van der Waals surface area contributed by atoms with Crippen molar-refractivity contribution in [3.05, 3.63) is 28.8 Å². The van der Waals surface area contributed by atoms with Crippen LogP contribution in [0.25, 0.3) is 0 Å². The Balaban J connectivity index is 2.61. The first kappa shape index (κ1) is 14.8. The SMILES string of the molecule is Cc1ccc(Cl)cc1NC(=O)N(C)CCN(C)C. The van der Waals surface area contributed by atoms with Gasteiger partial charge in [-0.3, -0.25) is 0 Å². The van der Waals surface area contributed by atoms with Gasteiger partial charge in [0, 0.05) is 30.8 Å². The number of urea groups is 1. The quantitative estimate of drug-likeness (QED) is 0.912. The molecule has 0 saturated heterocycles. The van der Waals surface area contributed by atoms with Gasteiger partial charge in [0.25, 0.3) is 0 Å². The molecule has 0 unspecified atom stereocenters. The number of aryl methyl sites for hydroxylation is 1. The summed E-state index contributed by atoms with van der Waals surface area (Å²) in [4.78, 5) is 15.6. The van der Waals surface area contributed by atoms with E-state index in [9.17, 15) is 4.79 Å². The van der Waals surface area contributed by atoms with Gasteiger partial charge in [-0.05, 0) is 38.7 Å². The lowest BCUT2D eigenvalue weighted by Gasteiger charge is -2.20. The van der Waals surface area contributed by atoms with Gasteiger partial charge in [-0.1, -0.05) is 17.7 Å². The molecule has 1 rings (SSSR count). The monoisotopic (exact) mass is 269 g/mol. The predicted octanol–water partition coefficient (Wildman–Crippen LogP) is 2.67. The van der Waals surface area contributed by atoms with Gasteiger partial charge in [0.15, 0.2) is 0 Å². The molecule has 2 amide bonds. The van der Waals surface area contributed by atoms with E-state index in [4.69, 9.17) is 11.6 Å². The molecule has 0 bridgehead atoms. The van der Waals surface area contributed by atoms with E-state index < -0.39 is 0 Å². The third-order valence-electron chi connectivity index (χ3n) is 2.67. The minimum absolute atomic E-state index is 0.123. The average molecular weight is 270 g/mol. The number of halogens is 1. The molecule has 1 aromatic carbocycles. The maximum Gasteiger partial charge on any atom is 0.321 e. The van der Waals surface area contributed by atoms with E-state index in [1.54, 1.807) is 18.0 Å². The lowest BCUT2D eigenvalue weighted by molar-refractivity contribution is 0.217. The Morgan fingerprint density at radius 1 is 1.28 bits per heavy atom. The van der Waals surface area contributed by atoms with Crippen LogP contribution in [-0.4, -0.2) is 50.1 Å². The lowest BCUT2D eigenvalue weighted by atomic mass is 10.2. The number of likely N-dealkylation sites (N-methyl/N-ethyl adjacent to an activating group) is 2. The zero-order valence-corrected chi connectivity index (χ0v) is 12.1. The van der Waals surface area contributed by atoms with Crippen LogP contribution >= 0.6 is 11.6 Å². The van der Waals surface area contributed by atoms with Crippen molar-refractivity contribution < 1.29 is 4.79 Å². The highest BCUT2D eigenvalue weighted by Gasteiger charge is 2.10. The maximum absolute atomic E-state index is 11.9.